The minimum atomic E-state index is -0.894. The SMILES string of the molecule is CC(C)(N)C(=O)NCc1ccc(C(=O)NCCN2CCCC2)cc1. The molecule has 6 heteroatoms. The third-order valence-electron chi connectivity index (χ3n) is 4.17. The van der Waals surface area contributed by atoms with Crippen molar-refractivity contribution < 1.29 is 9.59 Å². The molecule has 6 nitrogen and oxygen atoms in total. The van der Waals surface area contributed by atoms with Crippen molar-refractivity contribution in [1.29, 1.82) is 0 Å². The number of carbonyl (C=O) groups is 2. The maximum Gasteiger partial charge on any atom is 0.251 e. The van der Waals surface area contributed by atoms with Gasteiger partial charge in [-0.15, -0.1) is 0 Å². The number of likely N-dealkylation sites (tertiary alicyclic amines) is 1. The molecule has 2 amide bonds. The second kappa shape index (κ2) is 8.26. The number of benzene rings is 1. The van der Waals surface area contributed by atoms with Crippen LogP contribution in [0, 0.1) is 0 Å². The minimum absolute atomic E-state index is 0.0622. The highest BCUT2D eigenvalue weighted by molar-refractivity contribution is 5.94. The Morgan fingerprint density at radius 2 is 1.75 bits per heavy atom. The van der Waals surface area contributed by atoms with Gasteiger partial charge in [-0.25, -0.2) is 0 Å². The molecule has 2 rings (SSSR count). The molecule has 1 fully saturated rings. The van der Waals surface area contributed by atoms with Crippen LogP contribution in [-0.4, -0.2) is 48.4 Å². The van der Waals surface area contributed by atoms with Gasteiger partial charge in [0.1, 0.15) is 0 Å². The first-order chi connectivity index (χ1) is 11.4. The highest BCUT2D eigenvalue weighted by atomic mass is 16.2. The molecule has 1 aromatic carbocycles. The van der Waals surface area contributed by atoms with Crippen molar-refractivity contribution in [3.05, 3.63) is 35.4 Å². The second-order valence-electron chi connectivity index (χ2n) is 6.91. The Bertz CT molecular complexity index is 557. The molecule has 0 bridgehead atoms. The Morgan fingerprint density at radius 1 is 1.12 bits per heavy atom. The summed E-state index contributed by atoms with van der Waals surface area (Å²) >= 11 is 0. The van der Waals surface area contributed by atoms with Crippen LogP contribution in [0.4, 0.5) is 0 Å². The number of rotatable bonds is 7. The first-order valence-electron chi connectivity index (χ1n) is 8.53. The van der Waals surface area contributed by atoms with E-state index in [9.17, 15) is 9.59 Å². The predicted molar refractivity (Wildman–Crippen MR) is 94.6 cm³/mol. The predicted octanol–water partition coefficient (Wildman–Crippen LogP) is 0.866. The van der Waals surface area contributed by atoms with Gasteiger partial charge in [0.15, 0.2) is 0 Å². The molecule has 1 saturated heterocycles. The Balaban J connectivity index is 1.76. The zero-order valence-electron chi connectivity index (χ0n) is 14.6. The van der Waals surface area contributed by atoms with E-state index < -0.39 is 5.54 Å². The average Bonchev–Trinajstić information content (AvgIpc) is 3.05. The third-order valence-corrected chi connectivity index (χ3v) is 4.17. The minimum Gasteiger partial charge on any atom is -0.351 e. The Morgan fingerprint density at radius 3 is 2.33 bits per heavy atom. The summed E-state index contributed by atoms with van der Waals surface area (Å²) in [6, 6.07) is 7.25. The van der Waals surface area contributed by atoms with Gasteiger partial charge in [0.05, 0.1) is 5.54 Å². The molecule has 24 heavy (non-hydrogen) atoms. The molecule has 1 heterocycles. The van der Waals surface area contributed by atoms with Gasteiger partial charge in [-0.1, -0.05) is 12.1 Å². The number of amides is 2. The van der Waals surface area contributed by atoms with Crippen LogP contribution in [-0.2, 0) is 11.3 Å². The molecule has 0 aromatic heterocycles. The quantitative estimate of drug-likeness (QED) is 0.691. The number of nitrogens with zero attached hydrogens (tertiary/aromatic N) is 1. The van der Waals surface area contributed by atoms with E-state index >= 15 is 0 Å². The molecule has 0 spiro atoms. The van der Waals surface area contributed by atoms with Gasteiger partial charge < -0.3 is 21.3 Å². The summed E-state index contributed by atoms with van der Waals surface area (Å²) in [5.41, 5.74) is 6.40. The van der Waals surface area contributed by atoms with Crippen LogP contribution < -0.4 is 16.4 Å². The molecule has 1 aromatic rings. The zero-order valence-corrected chi connectivity index (χ0v) is 14.6. The largest absolute Gasteiger partial charge is 0.351 e. The highest BCUT2D eigenvalue weighted by Gasteiger charge is 2.21. The molecule has 132 valence electrons. The summed E-state index contributed by atoms with van der Waals surface area (Å²) in [7, 11) is 0. The lowest BCUT2D eigenvalue weighted by molar-refractivity contribution is -0.125. The van der Waals surface area contributed by atoms with E-state index in [1.54, 1.807) is 26.0 Å². The highest BCUT2D eigenvalue weighted by Crippen LogP contribution is 2.07. The molecule has 1 aliphatic rings. The Hall–Kier alpha value is -1.92. The molecule has 4 N–H and O–H groups in total. The van der Waals surface area contributed by atoms with Gasteiger partial charge in [0, 0.05) is 25.2 Å². The normalized spacial score (nSPS) is 15.3. The van der Waals surface area contributed by atoms with Crippen molar-refractivity contribution in [2.45, 2.75) is 38.8 Å². The van der Waals surface area contributed by atoms with Crippen molar-refractivity contribution in [2.24, 2.45) is 5.73 Å². The van der Waals surface area contributed by atoms with Crippen molar-refractivity contribution in [2.75, 3.05) is 26.2 Å². The second-order valence-corrected chi connectivity index (χ2v) is 6.91. The first kappa shape index (κ1) is 18.4. The van der Waals surface area contributed by atoms with Gasteiger partial charge in [-0.3, -0.25) is 9.59 Å². The summed E-state index contributed by atoms with van der Waals surface area (Å²) in [5.74, 6) is -0.265. The van der Waals surface area contributed by atoms with E-state index in [1.807, 2.05) is 12.1 Å². The van der Waals surface area contributed by atoms with E-state index in [0.717, 1.165) is 25.2 Å². The lowest BCUT2D eigenvalue weighted by Crippen LogP contribution is -2.48. The average molecular weight is 332 g/mol. The smallest absolute Gasteiger partial charge is 0.251 e. The maximum atomic E-state index is 12.1. The van der Waals surface area contributed by atoms with Gasteiger partial charge in [-0.2, -0.15) is 0 Å². The fourth-order valence-electron chi connectivity index (χ4n) is 2.62. The van der Waals surface area contributed by atoms with Crippen LogP contribution >= 0.6 is 0 Å². The first-order valence-corrected chi connectivity index (χ1v) is 8.53. The fourth-order valence-corrected chi connectivity index (χ4v) is 2.62. The lowest BCUT2D eigenvalue weighted by atomic mass is 10.1. The van der Waals surface area contributed by atoms with Crippen LogP contribution in [0.2, 0.25) is 0 Å². The van der Waals surface area contributed by atoms with Crippen LogP contribution in [0.3, 0.4) is 0 Å². The van der Waals surface area contributed by atoms with E-state index in [0.29, 0.717) is 18.7 Å². The van der Waals surface area contributed by atoms with E-state index in [1.165, 1.54) is 12.8 Å². The number of hydrogen-bond acceptors (Lipinski definition) is 4. The fraction of sp³-hybridized carbons (Fsp3) is 0.556. The number of nitrogens with one attached hydrogen (secondary N) is 2. The molecule has 0 unspecified atom stereocenters. The Labute approximate surface area is 143 Å². The van der Waals surface area contributed by atoms with Gasteiger partial charge in [-0.05, 0) is 57.5 Å². The molecule has 0 saturated carbocycles. The zero-order chi connectivity index (χ0) is 17.6. The number of nitrogens with two attached hydrogens (primary N) is 1. The van der Waals surface area contributed by atoms with Crippen molar-refractivity contribution in [3.8, 4) is 0 Å². The molecule has 0 radical (unpaired) electrons. The topological polar surface area (TPSA) is 87.5 Å². The summed E-state index contributed by atoms with van der Waals surface area (Å²) in [4.78, 5) is 26.2. The van der Waals surface area contributed by atoms with E-state index in [2.05, 4.69) is 15.5 Å². The monoisotopic (exact) mass is 332 g/mol. The molecular weight excluding hydrogens is 304 g/mol. The van der Waals surface area contributed by atoms with E-state index in [4.69, 9.17) is 5.73 Å². The van der Waals surface area contributed by atoms with Crippen molar-refractivity contribution in [3.63, 3.8) is 0 Å². The summed E-state index contributed by atoms with van der Waals surface area (Å²) in [6.07, 6.45) is 2.51. The van der Waals surface area contributed by atoms with E-state index in [-0.39, 0.29) is 11.8 Å². The van der Waals surface area contributed by atoms with Gasteiger partial charge in [0.2, 0.25) is 5.91 Å². The van der Waals surface area contributed by atoms with Crippen LogP contribution in [0.1, 0.15) is 42.6 Å². The van der Waals surface area contributed by atoms with Crippen LogP contribution in [0.5, 0.6) is 0 Å². The van der Waals surface area contributed by atoms with Crippen molar-refractivity contribution >= 4 is 11.8 Å². The van der Waals surface area contributed by atoms with Gasteiger partial charge in [0.25, 0.3) is 5.91 Å². The molecule has 0 aliphatic carbocycles. The summed E-state index contributed by atoms with van der Waals surface area (Å²) in [5, 5.41) is 5.73. The van der Waals surface area contributed by atoms with Gasteiger partial charge >= 0.3 is 0 Å². The maximum absolute atomic E-state index is 12.1. The number of hydrogen-bond donors (Lipinski definition) is 3. The molecular formula is C18H28N4O2. The summed E-state index contributed by atoms with van der Waals surface area (Å²) < 4.78 is 0. The molecule has 0 atom stereocenters. The van der Waals surface area contributed by atoms with Crippen molar-refractivity contribution in [1.82, 2.24) is 15.5 Å². The Kier molecular flexibility index (Phi) is 6.34. The lowest BCUT2D eigenvalue weighted by Gasteiger charge is -2.17. The van der Waals surface area contributed by atoms with Crippen LogP contribution in [0.15, 0.2) is 24.3 Å². The standard InChI is InChI=1S/C18H28N4O2/c1-18(2,19)17(24)21-13-14-5-7-15(8-6-14)16(23)20-9-12-22-10-3-4-11-22/h5-8H,3-4,9-13,19H2,1-2H3,(H,20,23)(H,21,24). The summed E-state index contributed by atoms with van der Waals surface area (Å²) in [6.45, 7) is 7.57. The third kappa shape index (κ3) is 5.62. The van der Waals surface area contributed by atoms with Crippen LogP contribution in [0.25, 0.3) is 0 Å². The molecule has 1 aliphatic heterocycles. The number of carbonyl (C=O) groups excluding carboxylic acids is 2.